The van der Waals surface area contributed by atoms with E-state index in [9.17, 15) is 4.79 Å². The van der Waals surface area contributed by atoms with Crippen molar-refractivity contribution in [3.63, 3.8) is 0 Å². The topological polar surface area (TPSA) is 44.1 Å². The molecule has 0 N–H and O–H groups in total. The van der Waals surface area contributed by atoms with Crippen molar-refractivity contribution in [3.8, 4) is 0 Å². The van der Waals surface area contributed by atoms with Gasteiger partial charge in [-0.25, -0.2) is 0 Å². The molecule has 98 valence electrons. The van der Waals surface area contributed by atoms with Crippen LogP contribution in [-0.4, -0.2) is 29.3 Å². The minimum atomic E-state index is 0.130. The second kappa shape index (κ2) is 6.50. The van der Waals surface area contributed by atoms with E-state index in [0.717, 1.165) is 24.8 Å². The molecule has 0 spiro atoms. The fraction of sp³-hybridized carbons (Fsp3) is 0.571. The van der Waals surface area contributed by atoms with Gasteiger partial charge < -0.3 is 4.74 Å². The van der Waals surface area contributed by atoms with E-state index >= 15 is 0 Å². The van der Waals surface area contributed by atoms with Gasteiger partial charge in [0.1, 0.15) is 5.69 Å². The summed E-state index contributed by atoms with van der Waals surface area (Å²) in [6.07, 6.45) is 9.23. The van der Waals surface area contributed by atoms with E-state index in [2.05, 4.69) is 11.2 Å². The second-order valence-electron chi connectivity index (χ2n) is 4.59. The number of ketones is 1. The molecule has 0 bridgehead atoms. The second-order valence-corrected chi connectivity index (χ2v) is 4.59. The van der Waals surface area contributed by atoms with Crippen LogP contribution in [0, 0.1) is 0 Å². The van der Waals surface area contributed by atoms with Crippen LogP contribution in [0.3, 0.4) is 0 Å². The maximum atomic E-state index is 12.4. The normalized spacial score (nSPS) is 16.2. The molecule has 18 heavy (non-hydrogen) atoms. The van der Waals surface area contributed by atoms with E-state index < -0.39 is 0 Å². The average molecular weight is 248 g/mol. The van der Waals surface area contributed by atoms with Crippen LogP contribution in [0.25, 0.3) is 0 Å². The Balaban J connectivity index is 2.12. The predicted octanol–water partition coefficient (Wildman–Crippen LogP) is 2.60. The SMILES string of the molecule is COCCn1nccc1C(=O)C1=CCCCCC1. The Bertz CT molecular complexity index is 435. The molecule has 0 unspecified atom stereocenters. The number of aromatic nitrogens is 2. The number of carbonyl (C=O) groups is 1. The lowest BCUT2D eigenvalue weighted by Gasteiger charge is -2.08. The lowest BCUT2D eigenvalue weighted by Crippen LogP contribution is -2.15. The minimum absolute atomic E-state index is 0.130. The van der Waals surface area contributed by atoms with Crippen molar-refractivity contribution in [1.82, 2.24) is 9.78 Å². The van der Waals surface area contributed by atoms with Gasteiger partial charge in [-0.2, -0.15) is 5.10 Å². The van der Waals surface area contributed by atoms with Crippen molar-refractivity contribution in [2.75, 3.05) is 13.7 Å². The van der Waals surface area contributed by atoms with Crippen LogP contribution >= 0.6 is 0 Å². The van der Waals surface area contributed by atoms with Gasteiger partial charge in [0.25, 0.3) is 0 Å². The van der Waals surface area contributed by atoms with Crippen LogP contribution in [0.15, 0.2) is 23.9 Å². The summed E-state index contributed by atoms with van der Waals surface area (Å²) in [5, 5.41) is 4.18. The molecular formula is C14H20N2O2. The molecule has 1 aliphatic carbocycles. The minimum Gasteiger partial charge on any atom is -0.383 e. The Hall–Kier alpha value is -1.42. The van der Waals surface area contributed by atoms with E-state index in [1.807, 2.05) is 0 Å². The predicted molar refractivity (Wildman–Crippen MR) is 69.6 cm³/mol. The number of nitrogens with zero attached hydrogens (tertiary/aromatic N) is 2. The molecule has 1 aromatic heterocycles. The fourth-order valence-electron chi connectivity index (χ4n) is 2.27. The van der Waals surface area contributed by atoms with E-state index in [1.54, 1.807) is 24.1 Å². The average Bonchev–Trinajstić information content (AvgIpc) is 2.68. The van der Waals surface area contributed by atoms with Crippen molar-refractivity contribution in [2.24, 2.45) is 0 Å². The van der Waals surface area contributed by atoms with E-state index in [1.165, 1.54) is 12.8 Å². The molecule has 2 rings (SSSR count). The molecule has 0 radical (unpaired) electrons. The van der Waals surface area contributed by atoms with Crippen LogP contribution in [-0.2, 0) is 11.3 Å². The Kier molecular flexibility index (Phi) is 4.70. The highest BCUT2D eigenvalue weighted by Crippen LogP contribution is 2.20. The van der Waals surface area contributed by atoms with E-state index in [4.69, 9.17) is 4.74 Å². The zero-order valence-electron chi connectivity index (χ0n) is 10.9. The number of hydrogen-bond acceptors (Lipinski definition) is 3. The van der Waals surface area contributed by atoms with Crippen molar-refractivity contribution >= 4 is 5.78 Å². The van der Waals surface area contributed by atoms with Crippen molar-refractivity contribution < 1.29 is 9.53 Å². The molecule has 0 saturated heterocycles. The third-order valence-corrected chi connectivity index (χ3v) is 3.29. The summed E-state index contributed by atoms with van der Waals surface area (Å²) < 4.78 is 6.76. The maximum Gasteiger partial charge on any atom is 0.206 e. The largest absolute Gasteiger partial charge is 0.383 e. The first-order valence-electron chi connectivity index (χ1n) is 6.57. The van der Waals surface area contributed by atoms with Crippen molar-refractivity contribution in [3.05, 3.63) is 29.6 Å². The van der Waals surface area contributed by atoms with Gasteiger partial charge >= 0.3 is 0 Å². The van der Waals surface area contributed by atoms with Gasteiger partial charge in [-0.15, -0.1) is 0 Å². The molecule has 0 aromatic carbocycles. The fourth-order valence-corrected chi connectivity index (χ4v) is 2.27. The smallest absolute Gasteiger partial charge is 0.206 e. The highest BCUT2D eigenvalue weighted by atomic mass is 16.5. The van der Waals surface area contributed by atoms with Gasteiger partial charge in [0.15, 0.2) is 0 Å². The molecule has 1 heterocycles. The first-order valence-corrected chi connectivity index (χ1v) is 6.57. The summed E-state index contributed by atoms with van der Waals surface area (Å²) in [5.41, 5.74) is 1.63. The highest BCUT2D eigenvalue weighted by Gasteiger charge is 2.17. The maximum absolute atomic E-state index is 12.4. The Morgan fingerprint density at radius 2 is 2.33 bits per heavy atom. The summed E-state index contributed by atoms with van der Waals surface area (Å²) in [7, 11) is 1.65. The van der Waals surface area contributed by atoms with Crippen LogP contribution in [0.1, 0.15) is 42.6 Å². The van der Waals surface area contributed by atoms with Crippen LogP contribution < -0.4 is 0 Å². The van der Waals surface area contributed by atoms with Gasteiger partial charge in [0, 0.05) is 13.3 Å². The number of Topliss-reactive ketones (excluding diaryl/α,β-unsaturated/α-hetero) is 1. The molecule has 4 nitrogen and oxygen atoms in total. The molecule has 0 aliphatic heterocycles. The van der Waals surface area contributed by atoms with Crippen LogP contribution in [0.5, 0.6) is 0 Å². The monoisotopic (exact) mass is 248 g/mol. The Morgan fingerprint density at radius 3 is 3.17 bits per heavy atom. The Morgan fingerprint density at radius 1 is 1.44 bits per heavy atom. The lowest BCUT2D eigenvalue weighted by molar-refractivity contribution is 0.101. The molecule has 1 aromatic rings. The number of allylic oxidation sites excluding steroid dienone is 2. The molecule has 4 heteroatoms. The molecular weight excluding hydrogens is 228 g/mol. The number of rotatable bonds is 5. The molecule has 0 fully saturated rings. The standard InChI is InChI=1S/C14H20N2O2/c1-18-11-10-16-13(8-9-15-16)14(17)12-6-4-2-3-5-7-12/h6,8-9H,2-5,7,10-11H2,1H3. The summed E-state index contributed by atoms with van der Waals surface area (Å²) >= 11 is 0. The molecule has 1 aliphatic rings. The van der Waals surface area contributed by atoms with Crippen LogP contribution in [0.2, 0.25) is 0 Å². The van der Waals surface area contributed by atoms with Crippen LogP contribution in [0.4, 0.5) is 0 Å². The van der Waals surface area contributed by atoms with Crippen molar-refractivity contribution in [1.29, 1.82) is 0 Å². The zero-order chi connectivity index (χ0) is 12.8. The third kappa shape index (κ3) is 3.07. The van der Waals surface area contributed by atoms with Gasteiger partial charge in [-0.05, 0) is 37.3 Å². The Labute approximate surface area is 108 Å². The third-order valence-electron chi connectivity index (χ3n) is 3.29. The molecule has 0 amide bonds. The molecule has 0 saturated carbocycles. The van der Waals surface area contributed by atoms with Crippen molar-refractivity contribution in [2.45, 2.75) is 38.6 Å². The number of hydrogen-bond donors (Lipinski definition) is 0. The summed E-state index contributed by atoms with van der Waals surface area (Å²) in [4.78, 5) is 12.4. The van der Waals surface area contributed by atoms with Gasteiger partial charge in [0.2, 0.25) is 5.78 Å². The number of ether oxygens (including phenoxy) is 1. The van der Waals surface area contributed by atoms with E-state index in [-0.39, 0.29) is 5.78 Å². The quantitative estimate of drug-likeness (QED) is 0.752. The first-order chi connectivity index (χ1) is 8.83. The van der Waals surface area contributed by atoms with Gasteiger partial charge in [-0.1, -0.05) is 12.5 Å². The van der Waals surface area contributed by atoms with Gasteiger partial charge in [-0.3, -0.25) is 9.48 Å². The van der Waals surface area contributed by atoms with Gasteiger partial charge in [0.05, 0.1) is 13.2 Å². The summed E-state index contributed by atoms with van der Waals surface area (Å²) in [6, 6.07) is 1.80. The lowest BCUT2D eigenvalue weighted by atomic mass is 10.0. The zero-order valence-corrected chi connectivity index (χ0v) is 10.9. The molecule has 0 atom stereocenters. The summed E-state index contributed by atoms with van der Waals surface area (Å²) in [6.45, 7) is 1.19. The first kappa shape index (κ1) is 13.0. The number of methoxy groups -OCH3 is 1. The highest BCUT2D eigenvalue weighted by molar-refractivity contribution is 6.07. The number of carbonyl (C=O) groups excluding carboxylic acids is 1. The van der Waals surface area contributed by atoms with E-state index in [0.29, 0.717) is 18.8 Å². The summed E-state index contributed by atoms with van der Waals surface area (Å²) in [5.74, 6) is 0.130.